The van der Waals surface area contributed by atoms with Gasteiger partial charge in [0.1, 0.15) is 17.3 Å². The molecular weight excluding hydrogens is 399 g/mol. The van der Waals surface area contributed by atoms with Gasteiger partial charge in [0.2, 0.25) is 5.91 Å². The molecule has 0 spiro atoms. The molecule has 3 aromatic rings. The van der Waals surface area contributed by atoms with E-state index in [1.54, 1.807) is 55.6 Å². The molecule has 1 heterocycles. The molecule has 1 aliphatic heterocycles. The van der Waals surface area contributed by atoms with Gasteiger partial charge in [0.25, 0.3) is 5.91 Å². The number of nitrogens with zero attached hydrogens (tertiary/aromatic N) is 1. The minimum Gasteiger partial charge on any atom is -0.497 e. The van der Waals surface area contributed by atoms with Crippen LogP contribution in [0.15, 0.2) is 66.7 Å². The van der Waals surface area contributed by atoms with Crippen LogP contribution in [0, 0.1) is 5.82 Å². The highest BCUT2D eigenvalue weighted by Crippen LogP contribution is 2.35. The first kappa shape index (κ1) is 20.4. The molecule has 6 nitrogen and oxygen atoms in total. The van der Waals surface area contributed by atoms with Crippen LogP contribution in [0.3, 0.4) is 0 Å². The average Bonchev–Trinajstić information content (AvgIpc) is 2.77. The molecule has 0 saturated heterocycles. The molecule has 0 aromatic heterocycles. The number of ether oxygens (including phenoxy) is 2. The molecule has 2 amide bonds. The smallest absolute Gasteiger partial charge is 0.265 e. The summed E-state index contributed by atoms with van der Waals surface area (Å²) in [4.78, 5) is 26.4. The number of nitrogens with one attached hydrogen (secondary N) is 1. The Morgan fingerprint density at radius 2 is 1.90 bits per heavy atom. The van der Waals surface area contributed by atoms with Crippen molar-refractivity contribution in [3.63, 3.8) is 0 Å². The summed E-state index contributed by atoms with van der Waals surface area (Å²) in [6.45, 7) is -0.0459. The summed E-state index contributed by atoms with van der Waals surface area (Å²) in [5.74, 6) is 0.362. The molecule has 0 saturated carbocycles. The fraction of sp³-hybridized carbons (Fsp3) is 0.167. The van der Waals surface area contributed by atoms with Crippen molar-refractivity contribution in [1.29, 1.82) is 0 Å². The van der Waals surface area contributed by atoms with Gasteiger partial charge in [-0.1, -0.05) is 30.3 Å². The van der Waals surface area contributed by atoms with E-state index in [1.807, 2.05) is 12.1 Å². The van der Waals surface area contributed by atoms with Crippen molar-refractivity contribution in [2.24, 2.45) is 0 Å². The lowest BCUT2D eigenvalue weighted by Gasteiger charge is -2.30. The molecule has 0 fully saturated rings. The van der Waals surface area contributed by atoms with Crippen LogP contribution in [0.1, 0.15) is 11.1 Å². The van der Waals surface area contributed by atoms with Gasteiger partial charge in [0, 0.05) is 11.3 Å². The second-order valence-corrected chi connectivity index (χ2v) is 7.12. The lowest BCUT2D eigenvalue weighted by atomic mass is 10.1. The summed E-state index contributed by atoms with van der Waals surface area (Å²) in [7, 11) is 1.59. The molecule has 1 aliphatic rings. The third kappa shape index (κ3) is 4.66. The van der Waals surface area contributed by atoms with Gasteiger partial charge in [0.15, 0.2) is 6.61 Å². The van der Waals surface area contributed by atoms with E-state index in [4.69, 9.17) is 9.47 Å². The van der Waals surface area contributed by atoms with Gasteiger partial charge in [-0.3, -0.25) is 9.59 Å². The highest BCUT2D eigenvalue weighted by atomic mass is 19.1. The lowest BCUT2D eigenvalue weighted by molar-refractivity contribution is -0.121. The van der Waals surface area contributed by atoms with E-state index in [2.05, 4.69) is 5.32 Å². The van der Waals surface area contributed by atoms with Crippen LogP contribution in [-0.2, 0) is 22.6 Å². The second-order valence-electron chi connectivity index (χ2n) is 7.12. The number of rotatable bonds is 6. The Hall–Kier alpha value is -3.87. The Kier molecular flexibility index (Phi) is 5.84. The molecule has 31 heavy (non-hydrogen) atoms. The highest BCUT2D eigenvalue weighted by molar-refractivity contribution is 5.99. The van der Waals surface area contributed by atoms with Crippen LogP contribution in [0.4, 0.5) is 15.8 Å². The maximum absolute atomic E-state index is 14.1. The summed E-state index contributed by atoms with van der Waals surface area (Å²) in [6.07, 6.45) is 0.190. The fourth-order valence-electron chi connectivity index (χ4n) is 3.38. The average molecular weight is 420 g/mol. The number of amides is 2. The van der Waals surface area contributed by atoms with Crippen LogP contribution in [0.25, 0.3) is 0 Å². The predicted octanol–water partition coefficient (Wildman–Crippen LogP) is 3.94. The number of benzene rings is 3. The van der Waals surface area contributed by atoms with E-state index < -0.39 is 0 Å². The fourth-order valence-corrected chi connectivity index (χ4v) is 3.38. The molecule has 0 radical (unpaired) electrons. The van der Waals surface area contributed by atoms with Crippen LogP contribution >= 0.6 is 0 Å². The molecule has 0 bridgehead atoms. The van der Waals surface area contributed by atoms with Crippen molar-refractivity contribution in [2.45, 2.75) is 13.0 Å². The van der Waals surface area contributed by atoms with E-state index in [9.17, 15) is 14.0 Å². The van der Waals surface area contributed by atoms with Crippen LogP contribution < -0.4 is 19.7 Å². The topological polar surface area (TPSA) is 67.9 Å². The van der Waals surface area contributed by atoms with E-state index in [0.29, 0.717) is 22.7 Å². The van der Waals surface area contributed by atoms with Gasteiger partial charge in [-0.2, -0.15) is 0 Å². The van der Waals surface area contributed by atoms with Crippen molar-refractivity contribution >= 4 is 23.2 Å². The van der Waals surface area contributed by atoms with Gasteiger partial charge in [-0.25, -0.2) is 4.39 Å². The Balaban J connectivity index is 1.52. The molecular formula is C24H21FN2O4. The van der Waals surface area contributed by atoms with Crippen LogP contribution in [0.2, 0.25) is 0 Å². The Bertz CT molecular complexity index is 1110. The zero-order chi connectivity index (χ0) is 21.8. The zero-order valence-electron chi connectivity index (χ0n) is 16.9. The van der Waals surface area contributed by atoms with Crippen LogP contribution in [0.5, 0.6) is 11.5 Å². The number of halogens is 1. The van der Waals surface area contributed by atoms with E-state index in [1.165, 1.54) is 11.0 Å². The first-order valence-electron chi connectivity index (χ1n) is 9.77. The van der Waals surface area contributed by atoms with Gasteiger partial charge in [-0.05, 0) is 42.0 Å². The first-order chi connectivity index (χ1) is 15.0. The molecule has 7 heteroatoms. The molecule has 0 unspecified atom stereocenters. The maximum atomic E-state index is 14.1. The van der Waals surface area contributed by atoms with Gasteiger partial charge >= 0.3 is 0 Å². The van der Waals surface area contributed by atoms with Gasteiger partial charge < -0.3 is 19.7 Å². The van der Waals surface area contributed by atoms with Crippen molar-refractivity contribution in [2.75, 3.05) is 23.9 Å². The largest absolute Gasteiger partial charge is 0.497 e. The summed E-state index contributed by atoms with van der Waals surface area (Å²) in [6, 6.07) is 18.6. The summed E-state index contributed by atoms with van der Waals surface area (Å²) in [5, 5.41) is 2.84. The molecule has 0 atom stereocenters. The first-order valence-corrected chi connectivity index (χ1v) is 9.77. The third-order valence-electron chi connectivity index (χ3n) is 5.00. The normalized spacial score (nSPS) is 12.7. The number of fused-ring (bicyclic) bond motifs is 1. The van der Waals surface area contributed by atoms with Crippen molar-refractivity contribution in [1.82, 2.24) is 0 Å². The zero-order valence-corrected chi connectivity index (χ0v) is 16.9. The number of methoxy groups -OCH3 is 1. The van der Waals surface area contributed by atoms with Crippen LogP contribution in [-0.4, -0.2) is 25.5 Å². The summed E-state index contributed by atoms with van der Waals surface area (Å²) >= 11 is 0. The number of carbonyl (C=O) groups excluding carboxylic acids is 2. The van der Waals surface area contributed by atoms with Gasteiger partial charge in [0.05, 0.1) is 25.8 Å². The number of hydrogen-bond donors (Lipinski definition) is 1. The Morgan fingerprint density at radius 1 is 1.13 bits per heavy atom. The number of hydrogen-bond acceptors (Lipinski definition) is 4. The SMILES string of the molecule is COc1ccc(CC(=O)Nc2ccc3c(c2)N(Cc2ccccc2F)C(=O)CO3)cc1. The number of carbonyl (C=O) groups is 2. The quantitative estimate of drug-likeness (QED) is 0.656. The van der Waals surface area contributed by atoms with Crippen molar-refractivity contribution in [3.05, 3.63) is 83.7 Å². The molecule has 1 N–H and O–H groups in total. The third-order valence-corrected chi connectivity index (χ3v) is 5.00. The van der Waals surface area contributed by atoms with E-state index in [-0.39, 0.29) is 37.2 Å². The maximum Gasteiger partial charge on any atom is 0.265 e. The Labute approximate surface area is 179 Å². The van der Waals surface area contributed by atoms with E-state index >= 15 is 0 Å². The lowest BCUT2D eigenvalue weighted by Crippen LogP contribution is -2.38. The second kappa shape index (κ2) is 8.87. The molecule has 4 rings (SSSR count). The van der Waals surface area contributed by atoms with Crippen molar-refractivity contribution < 1.29 is 23.5 Å². The molecule has 0 aliphatic carbocycles. The summed E-state index contributed by atoms with van der Waals surface area (Å²) < 4.78 is 24.7. The summed E-state index contributed by atoms with van der Waals surface area (Å²) in [5.41, 5.74) is 2.25. The molecule has 3 aromatic carbocycles. The number of anilines is 2. The predicted molar refractivity (Wildman–Crippen MR) is 115 cm³/mol. The minimum atomic E-state index is -0.382. The van der Waals surface area contributed by atoms with Gasteiger partial charge in [-0.15, -0.1) is 0 Å². The highest BCUT2D eigenvalue weighted by Gasteiger charge is 2.27. The molecule has 158 valence electrons. The Morgan fingerprint density at radius 3 is 2.65 bits per heavy atom. The standard InChI is InChI=1S/C24H21FN2O4/c1-30-19-9-6-16(7-10-19)12-23(28)26-18-8-11-22-21(13-18)27(24(29)15-31-22)14-17-4-2-3-5-20(17)25/h2-11,13H,12,14-15H2,1H3,(H,26,28). The van der Waals surface area contributed by atoms with E-state index in [0.717, 1.165) is 11.3 Å². The van der Waals surface area contributed by atoms with Crippen molar-refractivity contribution in [3.8, 4) is 11.5 Å². The monoisotopic (exact) mass is 420 g/mol. The minimum absolute atomic E-state index is 0.0745.